The van der Waals surface area contributed by atoms with Crippen molar-refractivity contribution >= 4 is 22.4 Å². The third kappa shape index (κ3) is 3.00. The molecule has 0 aromatic carbocycles. The normalized spacial score (nSPS) is 16.9. The van der Waals surface area contributed by atoms with Crippen LogP contribution in [-0.4, -0.2) is 55.7 Å². The minimum Gasteiger partial charge on any atom is -0.464 e. The van der Waals surface area contributed by atoms with Crippen LogP contribution in [0.4, 0.5) is 5.13 Å². The third-order valence-electron chi connectivity index (χ3n) is 3.07. The van der Waals surface area contributed by atoms with Gasteiger partial charge in [-0.15, -0.1) is 11.3 Å². The van der Waals surface area contributed by atoms with E-state index in [1.54, 1.807) is 5.38 Å². The maximum Gasteiger partial charge on any atom is 0.357 e. The summed E-state index contributed by atoms with van der Waals surface area (Å²) in [6.07, 6.45) is 1.20. The van der Waals surface area contributed by atoms with E-state index in [9.17, 15) is 4.79 Å². The first kappa shape index (κ1) is 13.3. The Balaban J connectivity index is 1.93. The molecule has 2 heterocycles. The summed E-state index contributed by atoms with van der Waals surface area (Å²) in [6.45, 7) is 7.47. The van der Waals surface area contributed by atoms with Gasteiger partial charge in [0, 0.05) is 31.6 Å². The number of carbonyl (C=O) groups is 1. The molecule has 0 saturated carbocycles. The molecule has 0 bridgehead atoms. The lowest BCUT2D eigenvalue weighted by molar-refractivity contribution is 0.0595. The van der Waals surface area contributed by atoms with Crippen LogP contribution in [0.25, 0.3) is 0 Å². The maximum absolute atomic E-state index is 11.3. The molecule has 0 N–H and O–H groups in total. The minimum absolute atomic E-state index is 0.359. The number of thiazole rings is 1. The number of methoxy groups -OCH3 is 1. The molecule has 0 amide bonds. The largest absolute Gasteiger partial charge is 0.464 e. The molecule has 2 rings (SSSR count). The standard InChI is InChI=1S/C12H19N3O2S/c1-3-4-14-5-7-15(8-6-14)12-13-10(9-18-12)11(16)17-2/h9H,3-8H2,1-2H3. The average Bonchev–Trinajstić information content (AvgIpc) is 2.89. The highest BCUT2D eigenvalue weighted by molar-refractivity contribution is 7.13. The monoisotopic (exact) mass is 269 g/mol. The number of carbonyl (C=O) groups excluding carboxylic acids is 1. The highest BCUT2D eigenvalue weighted by atomic mass is 32.1. The van der Waals surface area contributed by atoms with Crippen LogP contribution in [0, 0.1) is 0 Å². The van der Waals surface area contributed by atoms with Gasteiger partial charge in [-0.1, -0.05) is 6.92 Å². The summed E-state index contributed by atoms with van der Waals surface area (Å²) in [5, 5.41) is 2.69. The van der Waals surface area contributed by atoms with E-state index in [-0.39, 0.29) is 5.97 Å². The Bertz CT molecular complexity index is 400. The van der Waals surface area contributed by atoms with Gasteiger partial charge in [0.2, 0.25) is 0 Å². The molecule has 0 atom stereocenters. The Kier molecular flexibility index (Phi) is 4.54. The molecule has 18 heavy (non-hydrogen) atoms. The van der Waals surface area contributed by atoms with E-state index in [1.165, 1.54) is 31.4 Å². The molecule has 0 unspecified atom stereocenters. The van der Waals surface area contributed by atoms with Gasteiger partial charge in [-0.25, -0.2) is 9.78 Å². The van der Waals surface area contributed by atoms with E-state index in [0.717, 1.165) is 31.3 Å². The smallest absolute Gasteiger partial charge is 0.357 e. The van der Waals surface area contributed by atoms with Crippen molar-refractivity contribution in [2.45, 2.75) is 13.3 Å². The van der Waals surface area contributed by atoms with Crippen molar-refractivity contribution < 1.29 is 9.53 Å². The number of piperazine rings is 1. The first-order chi connectivity index (χ1) is 8.74. The van der Waals surface area contributed by atoms with Crippen molar-refractivity contribution in [2.24, 2.45) is 0 Å². The van der Waals surface area contributed by atoms with Crippen LogP contribution in [0.5, 0.6) is 0 Å². The highest BCUT2D eigenvalue weighted by Gasteiger charge is 2.20. The lowest BCUT2D eigenvalue weighted by Gasteiger charge is -2.34. The Morgan fingerprint density at radius 3 is 2.78 bits per heavy atom. The number of hydrogen-bond donors (Lipinski definition) is 0. The van der Waals surface area contributed by atoms with Gasteiger partial charge >= 0.3 is 5.97 Å². The second-order valence-electron chi connectivity index (χ2n) is 4.34. The van der Waals surface area contributed by atoms with Crippen molar-refractivity contribution in [3.8, 4) is 0 Å². The van der Waals surface area contributed by atoms with Crippen LogP contribution in [0.1, 0.15) is 23.8 Å². The lowest BCUT2D eigenvalue weighted by atomic mass is 10.3. The zero-order valence-electron chi connectivity index (χ0n) is 10.9. The zero-order chi connectivity index (χ0) is 13.0. The van der Waals surface area contributed by atoms with E-state index >= 15 is 0 Å². The second kappa shape index (κ2) is 6.15. The number of hydrogen-bond acceptors (Lipinski definition) is 6. The summed E-state index contributed by atoms with van der Waals surface area (Å²) < 4.78 is 4.66. The Labute approximate surface area is 111 Å². The molecule has 1 aliphatic rings. The number of nitrogens with zero attached hydrogens (tertiary/aromatic N) is 3. The molecule has 1 aliphatic heterocycles. The van der Waals surface area contributed by atoms with Gasteiger partial charge in [-0.05, 0) is 13.0 Å². The van der Waals surface area contributed by atoms with Gasteiger partial charge in [-0.3, -0.25) is 4.90 Å². The van der Waals surface area contributed by atoms with Crippen molar-refractivity contribution in [2.75, 3.05) is 44.7 Å². The van der Waals surface area contributed by atoms with Gasteiger partial charge in [-0.2, -0.15) is 0 Å². The van der Waals surface area contributed by atoms with Crippen LogP contribution in [-0.2, 0) is 4.74 Å². The van der Waals surface area contributed by atoms with Crippen LogP contribution in [0.15, 0.2) is 5.38 Å². The van der Waals surface area contributed by atoms with Crippen molar-refractivity contribution in [3.05, 3.63) is 11.1 Å². The molecular formula is C12H19N3O2S. The fourth-order valence-corrected chi connectivity index (χ4v) is 2.94. The molecule has 1 aromatic heterocycles. The van der Waals surface area contributed by atoms with E-state index in [0.29, 0.717) is 5.69 Å². The first-order valence-electron chi connectivity index (χ1n) is 6.25. The van der Waals surface area contributed by atoms with E-state index < -0.39 is 0 Å². The summed E-state index contributed by atoms with van der Waals surface area (Å²) >= 11 is 1.51. The number of esters is 1. The van der Waals surface area contributed by atoms with Crippen molar-refractivity contribution in [1.82, 2.24) is 9.88 Å². The molecule has 0 aliphatic carbocycles. The molecule has 0 spiro atoms. The molecule has 1 aromatic rings. The Hall–Kier alpha value is -1.14. The first-order valence-corrected chi connectivity index (χ1v) is 7.13. The summed E-state index contributed by atoms with van der Waals surface area (Å²) in [6, 6.07) is 0. The number of ether oxygens (including phenoxy) is 1. The van der Waals surface area contributed by atoms with E-state index in [4.69, 9.17) is 0 Å². The van der Waals surface area contributed by atoms with E-state index in [1.807, 2.05) is 0 Å². The van der Waals surface area contributed by atoms with Crippen molar-refractivity contribution in [1.29, 1.82) is 0 Å². The van der Waals surface area contributed by atoms with Gasteiger partial charge < -0.3 is 9.64 Å². The zero-order valence-corrected chi connectivity index (χ0v) is 11.7. The summed E-state index contributed by atoms with van der Waals surface area (Å²) in [5.74, 6) is -0.359. The molecular weight excluding hydrogens is 250 g/mol. The fraction of sp³-hybridized carbons (Fsp3) is 0.667. The van der Waals surface area contributed by atoms with Crippen LogP contribution >= 0.6 is 11.3 Å². The van der Waals surface area contributed by atoms with Gasteiger partial charge in [0.15, 0.2) is 10.8 Å². The Morgan fingerprint density at radius 2 is 2.17 bits per heavy atom. The third-order valence-corrected chi connectivity index (χ3v) is 3.97. The quantitative estimate of drug-likeness (QED) is 0.774. The highest BCUT2D eigenvalue weighted by Crippen LogP contribution is 2.22. The molecule has 5 nitrogen and oxygen atoms in total. The van der Waals surface area contributed by atoms with Crippen LogP contribution < -0.4 is 4.90 Å². The number of aromatic nitrogens is 1. The number of rotatable bonds is 4. The van der Waals surface area contributed by atoms with Gasteiger partial charge in [0.25, 0.3) is 0 Å². The molecule has 100 valence electrons. The summed E-state index contributed by atoms with van der Waals surface area (Å²) in [5.41, 5.74) is 0.411. The molecule has 0 radical (unpaired) electrons. The maximum atomic E-state index is 11.3. The van der Waals surface area contributed by atoms with E-state index in [2.05, 4.69) is 26.4 Å². The SMILES string of the molecule is CCCN1CCN(c2nc(C(=O)OC)cs2)CC1. The lowest BCUT2D eigenvalue weighted by Crippen LogP contribution is -2.46. The summed E-state index contributed by atoms with van der Waals surface area (Å²) in [4.78, 5) is 20.4. The van der Waals surface area contributed by atoms with Crippen molar-refractivity contribution in [3.63, 3.8) is 0 Å². The van der Waals surface area contributed by atoms with Gasteiger partial charge in [0.1, 0.15) is 0 Å². The molecule has 1 saturated heterocycles. The topological polar surface area (TPSA) is 45.7 Å². The molecule has 6 heteroatoms. The molecule has 1 fully saturated rings. The fourth-order valence-electron chi connectivity index (χ4n) is 2.09. The predicted octanol–water partition coefficient (Wildman–Crippen LogP) is 1.46. The predicted molar refractivity (Wildman–Crippen MR) is 72.4 cm³/mol. The van der Waals surface area contributed by atoms with Crippen LogP contribution in [0.2, 0.25) is 0 Å². The summed E-state index contributed by atoms with van der Waals surface area (Å²) in [7, 11) is 1.38. The van der Waals surface area contributed by atoms with Gasteiger partial charge in [0.05, 0.1) is 7.11 Å². The second-order valence-corrected chi connectivity index (χ2v) is 5.17. The Morgan fingerprint density at radius 1 is 1.44 bits per heavy atom. The average molecular weight is 269 g/mol. The number of anilines is 1. The van der Waals surface area contributed by atoms with Crippen LogP contribution in [0.3, 0.4) is 0 Å². The minimum atomic E-state index is -0.359.